The molecule has 2 atom stereocenters. The molecule has 1 nitrogen and oxygen atoms in total. The lowest BCUT2D eigenvalue weighted by molar-refractivity contribution is 0.457. The van der Waals surface area contributed by atoms with Gasteiger partial charge in [-0.05, 0) is 61.6 Å². The maximum atomic E-state index is 3.67. The molecule has 0 aliphatic heterocycles. The number of hydrogen-bond donors (Lipinski definition) is 1. The molecule has 0 aliphatic rings. The van der Waals surface area contributed by atoms with Crippen LogP contribution in [0.2, 0.25) is 0 Å². The van der Waals surface area contributed by atoms with E-state index in [1.54, 1.807) is 11.3 Å². The number of hydrogen-bond acceptors (Lipinski definition) is 2. The molecule has 19 heavy (non-hydrogen) atoms. The first-order valence-corrected chi connectivity index (χ1v) is 7.93. The van der Waals surface area contributed by atoms with Gasteiger partial charge in [-0.1, -0.05) is 29.8 Å². The minimum atomic E-state index is 0.443. The quantitative estimate of drug-likeness (QED) is 0.802. The van der Waals surface area contributed by atoms with Gasteiger partial charge in [-0.25, -0.2) is 0 Å². The van der Waals surface area contributed by atoms with Crippen LogP contribution in [0, 0.1) is 6.92 Å². The van der Waals surface area contributed by atoms with Crippen molar-refractivity contribution in [2.45, 2.75) is 45.7 Å². The van der Waals surface area contributed by atoms with Gasteiger partial charge in [0.05, 0.1) is 0 Å². The lowest BCUT2D eigenvalue weighted by Gasteiger charge is -2.19. The molecule has 102 valence electrons. The van der Waals surface area contributed by atoms with Crippen LogP contribution in [0.15, 0.2) is 41.1 Å². The van der Waals surface area contributed by atoms with Gasteiger partial charge in [-0.3, -0.25) is 0 Å². The summed E-state index contributed by atoms with van der Waals surface area (Å²) in [5.41, 5.74) is 4.19. The van der Waals surface area contributed by atoms with Crippen molar-refractivity contribution in [2.75, 3.05) is 0 Å². The molecule has 2 rings (SSSR count). The minimum Gasteiger partial charge on any atom is -0.308 e. The van der Waals surface area contributed by atoms with Gasteiger partial charge >= 0.3 is 0 Å². The zero-order chi connectivity index (χ0) is 13.7. The second kappa shape index (κ2) is 6.88. The van der Waals surface area contributed by atoms with Crippen molar-refractivity contribution in [1.82, 2.24) is 5.32 Å². The summed E-state index contributed by atoms with van der Waals surface area (Å²) in [5.74, 6) is 0. The lowest BCUT2D eigenvalue weighted by Crippen LogP contribution is -2.29. The Morgan fingerprint density at radius 3 is 2.74 bits per heavy atom. The van der Waals surface area contributed by atoms with Gasteiger partial charge in [0.25, 0.3) is 0 Å². The fraction of sp³-hybridized carbons (Fsp3) is 0.412. The van der Waals surface area contributed by atoms with Crippen LogP contribution in [0.25, 0.3) is 0 Å². The molecule has 0 fully saturated rings. The molecule has 0 amide bonds. The van der Waals surface area contributed by atoms with Gasteiger partial charge in [-0.15, -0.1) is 0 Å². The SMILES string of the molecule is Cc1cccc(CCC(C)NC(C)c2ccsc2)c1. The number of rotatable bonds is 6. The van der Waals surface area contributed by atoms with Crippen LogP contribution in [-0.4, -0.2) is 6.04 Å². The summed E-state index contributed by atoms with van der Waals surface area (Å²) in [4.78, 5) is 0. The molecule has 1 aromatic carbocycles. The Hall–Kier alpha value is -1.12. The highest BCUT2D eigenvalue weighted by Crippen LogP contribution is 2.17. The molecule has 2 unspecified atom stereocenters. The molecular formula is C17H23NS. The highest BCUT2D eigenvalue weighted by molar-refractivity contribution is 7.07. The Labute approximate surface area is 120 Å². The van der Waals surface area contributed by atoms with Crippen LogP contribution in [-0.2, 0) is 6.42 Å². The van der Waals surface area contributed by atoms with Crippen molar-refractivity contribution in [3.05, 3.63) is 57.8 Å². The second-order valence-corrected chi connectivity index (χ2v) is 6.15. The summed E-state index contributed by atoms with van der Waals surface area (Å²) >= 11 is 1.77. The Morgan fingerprint density at radius 1 is 1.21 bits per heavy atom. The van der Waals surface area contributed by atoms with Crippen LogP contribution in [0.1, 0.15) is 43.0 Å². The normalized spacial score (nSPS) is 14.3. The smallest absolute Gasteiger partial charge is 0.0302 e. The van der Waals surface area contributed by atoms with E-state index in [2.05, 4.69) is 67.2 Å². The fourth-order valence-corrected chi connectivity index (χ4v) is 3.13. The van der Waals surface area contributed by atoms with Crippen LogP contribution in [0.5, 0.6) is 0 Å². The molecule has 1 N–H and O–H groups in total. The highest BCUT2D eigenvalue weighted by Gasteiger charge is 2.09. The van der Waals surface area contributed by atoms with Crippen LogP contribution >= 0.6 is 11.3 Å². The van der Waals surface area contributed by atoms with Crippen molar-refractivity contribution in [2.24, 2.45) is 0 Å². The van der Waals surface area contributed by atoms with E-state index in [0.717, 1.165) is 6.42 Å². The van der Waals surface area contributed by atoms with E-state index in [0.29, 0.717) is 12.1 Å². The third kappa shape index (κ3) is 4.48. The molecule has 0 saturated carbocycles. The molecular weight excluding hydrogens is 250 g/mol. The van der Waals surface area contributed by atoms with Gasteiger partial charge in [-0.2, -0.15) is 11.3 Å². The summed E-state index contributed by atoms with van der Waals surface area (Å²) in [5, 5.41) is 8.04. The zero-order valence-corrected chi connectivity index (χ0v) is 12.8. The van der Waals surface area contributed by atoms with Crippen LogP contribution < -0.4 is 5.32 Å². The summed E-state index contributed by atoms with van der Waals surface area (Å²) in [6.07, 6.45) is 2.32. The predicted molar refractivity (Wildman–Crippen MR) is 84.8 cm³/mol. The number of nitrogens with one attached hydrogen (secondary N) is 1. The maximum absolute atomic E-state index is 3.67. The number of benzene rings is 1. The molecule has 1 aromatic heterocycles. The summed E-state index contributed by atoms with van der Waals surface area (Å²) in [6.45, 7) is 6.67. The van der Waals surface area contributed by atoms with Crippen LogP contribution in [0.3, 0.4) is 0 Å². The largest absolute Gasteiger partial charge is 0.308 e. The van der Waals surface area contributed by atoms with E-state index in [1.165, 1.54) is 23.1 Å². The Bertz CT molecular complexity index is 490. The Kier molecular flexibility index (Phi) is 5.17. The van der Waals surface area contributed by atoms with Gasteiger partial charge in [0.15, 0.2) is 0 Å². The first-order valence-electron chi connectivity index (χ1n) is 6.99. The molecule has 0 bridgehead atoms. The molecule has 2 aromatic rings. The molecule has 1 heterocycles. The highest BCUT2D eigenvalue weighted by atomic mass is 32.1. The van der Waals surface area contributed by atoms with E-state index >= 15 is 0 Å². The molecule has 2 heteroatoms. The lowest BCUT2D eigenvalue weighted by atomic mass is 10.0. The molecule has 0 saturated heterocycles. The van der Waals surface area contributed by atoms with Gasteiger partial charge in [0, 0.05) is 12.1 Å². The summed E-state index contributed by atoms with van der Waals surface area (Å²) in [6, 6.07) is 12.0. The molecule has 0 radical (unpaired) electrons. The van der Waals surface area contributed by atoms with Gasteiger partial charge < -0.3 is 5.32 Å². The van der Waals surface area contributed by atoms with Gasteiger partial charge in [0.1, 0.15) is 0 Å². The molecule has 0 aliphatic carbocycles. The van der Waals surface area contributed by atoms with E-state index in [-0.39, 0.29) is 0 Å². The van der Waals surface area contributed by atoms with Crippen molar-refractivity contribution < 1.29 is 0 Å². The monoisotopic (exact) mass is 273 g/mol. The number of thiophene rings is 1. The number of aryl methyl sites for hydroxylation is 2. The molecule has 0 spiro atoms. The van der Waals surface area contributed by atoms with E-state index in [1.807, 2.05) is 0 Å². The second-order valence-electron chi connectivity index (χ2n) is 5.37. The Morgan fingerprint density at radius 2 is 2.05 bits per heavy atom. The summed E-state index contributed by atoms with van der Waals surface area (Å²) in [7, 11) is 0. The van der Waals surface area contributed by atoms with Crippen molar-refractivity contribution in [1.29, 1.82) is 0 Å². The standard InChI is InChI=1S/C17H23NS/c1-13-5-4-6-16(11-13)8-7-14(2)18-15(3)17-9-10-19-12-17/h4-6,9-12,14-15,18H,7-8H2,1-3H3. The third-order valence-corrected chi connectivity index (χ3v) is 4.23. The Balaban J connectivity index is 1.80. The van der Waals surface area contributed by atoms with Gasteiger partial charge in [0.2, 0.25) is 0 Å². The minimum absolute atomic E-state index is 0.443. The summed E-state index contributed by atoms with van der Waals surface area (Å²) < 4.78 is 0. The third-order valence-electron chi connectivity index (χ3n) is 3.53. The first-order chi connectivity index (χ1) is 9.15. The zero-order valence-electron chi connectivity index (χ0n) is 12.0. The van der Waals surface area contributed by atoms with E-state index < -0.39 is 0 Å². The van der Waals surface area contributed by atoms with E-state index in [4.69, 9.17) is 0 Å². The first kappa shape index (κ1) is 14.3. The van der Waals surface area contributed by atoms with E-state index in [9.17, 15) is 0 Å². The fourth-order valence-electron chi connectivity index (χ4n) is 2.38. The topological polar surface area (TPSA) is 12.0 Å². The maximum Gasteiger partial charge on any atom is 0.0302 e. The predicted octanol–water partition coefficient (Wildman–Crippen LogP) is 4.73. The van der Waals surface area contributed by atoms with Crippen molar-refractivity contribution in [3.8, 4) is 0 Å². The van der Waals surface area contributed by atoms with Crippen molar-refractivity contribution in [3.63, 3.8) is 0 Å². The average Bonchev–Trinajstić information content (AvgIpc) is 2.90. The van der Waals surface area contributed by atoms with Crippen LogP contribution in [0.4, 0.5) is 0 Å². The van der Waals surface area contributed by atoms with Crippen molar-refractivity contribution >= 4 is 11.3 Å². The average molecular weight is 273 g/mol.